The molecule has 0 aliphatic heterocycles. The van der Waals surface area contributed by atoms with Gasteiger partial charge in [0.1, 0.15) is 0 Å². The molecule has 0 bridgehead atoms. The lowest BCUT2D eigenvalue weighted by Gasteiger charge is -1.95. The van der Waals surface area contributed by atoms with Crippen LogP contribution < -0.4 is 0 Å². The third-order valence-electron chi connectivity index (χ3n) is 1.53. The van der Waals surface area contributed by atoms with Crippen molar-refractivity contribution in [3.05, 3.63) is 12.2 Å². The maximum absolute atomic E-state index is 8.42. The Morgan fingerprint density at radius 3 is 2.45 bits per heavy atom. The summed E-state index contributed by atoms with van der Waals surface area (Å²) >= 11 is 0. The van der Waals surface area contributed by atoms with Crippen molar-refractivity contribution in [1.29, 1.82) is 0 Å². The molecule has 0 heterocycles. The summed E-state index contributed by atoms with van der Waals surface area (Å²) < 4.78 is 0. The minimum atomic E-state index is -1.28. The van der Waals surface area contributed by atoms with E-state index in [0.29, 0.717) is 0 Å². The Morgan fingerprint density at radius 2 is 1.91 bits per heavy atom. The first-order valence-corrected chi connectivity index (χ1v) is 4.30. The van der Waals surface area contributed by atoms with E-state index in [4.69, 9.17) is 10.2 Å². The Bertz CT molecular complexity index is 97.7. The first kappa shape index (κ1) is 10.7. The van der Waals surface area contributed by atoms with Gasteiger partial charge in [-0.2, -0.15) is 0 Å². The fraction of sp³-hybridized carbons (Fsp3) is 0.778. The molecule has 0 saturated carbocycles. The lowest BCUT2D eigenvalue weighted by molar-refractivity contribution is 0.00216. The van der Waals surface area contributed by atoms with Crippen molar-refractivity contribution in [2.24, 2.45) is 0 Å². The SMILES string of the molecule is CCCCCC/C=C/C(O)O. The molecule has 0 aromatic rings. The normalized spacial score (nSPS) is 11.6. The Labute approximate surface area is 68.6 Å². The van der Waals surface area contributed by atoms with Crippen LogP contribution in [0.15, 0.2) is 12.2 Å². The first-order valence-electron chi connectivity index (χ1n) is 4.30. The molecule has 0 amide bonds. The molecule has 11 heavy (non-hydrogen) atoms. The van der Waals surface area contributed by atoms with E-state index in [-0.39, 0.29) is 0 Å². The van der Waals surface area contributed by atoms with Crippen molar-refractivity contribution < 1.29 is 10.2 Å². The minimum absolute atomic E-state index is 0.956. The smallest absolute Gasteiger partial charge is 0.171 e. The molecular formula is C9H18O2. The van der Waals surface area contributed by atoms with Crippen molar-refractivity contribution in [3.8, 4) is 0 Å². The first-order chi connectivity index (χ1) is 5.27. The van der Waals surface area contributed by atoms with Crippen molar-refractivity contribution in [2.75, 3.05) is 0 Å². The van der Waals surface area contributed by atoms with Crippen LogP contribution in [-0.2, 0) is 0 Å². The number of hydrogen-bond donors (Lipinski definition) is 2. The van der Waals surface area contributed by atoms with Gasteiger partial charge in [0.2, 0.25) is 0 Å². The van der Waals surface area contributed by atoms with Crippen LogP contribution in [0.2, 0.25) is 0 Å². The summed E-state index contributed by atoms with van der Waals surface area (Å²) in [7, 11) is 0. The van der Waals surface area contributed by atoms with Gasteiger partial charge in [0.15, 0.2) is 6.29 Å². The molecular weight excluding hydrogens is 140 g/mol. The lowest BCUT2D eigenvalue weighted by Crippen LogP contribution is -1.96. The largest absolute Gasteiger partial charge is 0.365 e. The Balaban J connectivity index is 3.01. The summed E-state index contributed by atoms with van der Waals surface area (Å²) in [6.45, 7) is 2.17. The van der Waals surface area contributed by atoms with Gasteiger partial charge in [-0.05, 0) is 18.9 Å². The zero-order chi connectivity index (χ0) is 8.53. The van der Waals surface area contributed by atoms with E-state index in [0.717, 1.165) is 12.8 Å². The number of aliphatic hydroxyl groups excluding tert-OH is 1. The summed E-state index contributed by atoms with van der Waals surface area (Å²) in [5.41, 5.74) is 0. The Kier molecular flexibility index (Phi) is 7.52. The fourth-order valence-electron chi connectivity index (χ4n) is 0.907. The molecule has 0 radical (unpaired) electrons. The highest BCUT2D eigenvalue weighted by atomic mass is 16.5. The maximum Gasteiger partial charge on any atom is 0.171 e. The van der Waals surface area contributed by atoms with Crippen molar-refractivity contribution >= 4 is 0 Å². The van der Waals surface area contributed by atoms with E-state index in [9.17, 15) is 0 Å². The van der Waals surface area contributed by atoms with Gasteiger partial charge in [-0.25, -0.2) is 0 Å². The number of unbranched alkanes of at least 4 members (excludes halogenated alkanes) is 4. The summed E-state index contributed by atoms with van der Waals surface area (Å²) in [5, 5.41) is 16.8. The predicted molar refractivity (Wildman–Crippen MR) is 46.1 cm³/mol. The van der Waals surface area contributed by atoms with Crippen molar-refractivity contribution in [2.45, 2.75) is 45.3 Å². The molecule has 0 aromatic heterocycles. The van der Waals surface area contributed by atoms with Crippen LogP contribution in [0.1, 0.15) is 39.0 Å². The van der Waals surface area contributed by atoms with E-state index in [2.05, 4.69) is 6.92 Å². The molecule has 0 saturated heterocycles. The number of rotatable bonds is 6. The highest BCUT2D eigenvalue weighted by Crippen LogP contribution is 2.02. The van der Waals surface area contributed by atoms with Crippen LogP contribution in [0, 0.1) is 0 Å². The summed E-state index contributed by atoms with van der Waals surface area (Å²) in [5.74, 6) is 0. The summed E-state index contributed by atoms with van der Waals surface area (Å²) in [4.78, 5) is 0. The third-order valence-corrected chi connectivity index (χ3v) is 1.53. The second-order valence-corrected chi connectivity index (χ2v) is 2.69. The highest BCUT2D eigenvalue weighted by Gasteiger charge is 1.87. The molecule has 2 heteroatoms. The standard InChI is InChI=1S/C9H18O2/c1-2-3-4-5-6-7-8-9(10)11/h7-11H,2-6H2,1H3/b8-7+. The van der Waals surface area contributed by atoms with Crippen LogP contribution in [0.25, 0.3) is 0 Å². The van der Waals surface area contributed by atoms with Gasteiger partial charge in [-0.1, -0.05) is 32.3 Å². The summed E-state index contributed by atoms with van der Waals surface area (Å²) in [6.07, 6.45) is 7.81. The molecule has 0 unspecified atom stereocenters. The van der Waals surface area contributed by atoms with Gasteiger partial charge in [-0.15, -0.1) is 0 Å². The van der Waals surface area contributed by atoms with Gasteiger partial charge < -0.3 is 10.2 Å². The Hall–Kier alpha value is -0.340. The Morgan fingerprint density at radius 1 is 1.18 bits per heavy atom. The molecule has 2 nitrogen and oxygen atoms in total. The molecule has 0 rings (SSSR count). The van der Waals surface area contributed by atoms with Crippen LogP contribution >= 0.6 is 0 Å². The quantitative estimate of drug-likeness (QED) is 0.351. The second kappa shape index (κ2) is 7.76. The molecule has 66 valence electrons. The molecule has 0 fully saturated rings. The number of allylic oxidation sites excluding steroid dienone is 1. The number of aliphatic hydroxyl groups is 2. The monoisotopic (exact) mass is 158 g/mol. The zero-order valence-corrected chi connectivity index (χ0v) is 7.16. The average molecular weight is 158 g/mol. The fourth-order valence-corrected chi connectivity index (χ4v) is 0.907. The molecule has 0 aliphatic carbocycles. The number of hydrogen-bond acceptors (Lipinski definition) is 2. The van der Waals surface area contributed by atoms with Gasteiger partial charge >= 0.3 is 0 Å². The van der Waals surface area contributed by atoms with Gasteiger partial charge in [0.25, 0.3) is 0 Å². The molecule has 0 aromatic carbocycles. The van der Waals surface area contributed by atoms with Gasteiger partial charge in [-0.3, -0.25) is 0 Å². The molecule has 2 N–H and O–H groups in total. The van der Waals surface area contributed by atoms with E-state index < -0.39 is 6.29 Å². The average Bonchev–Trinajstić information content (AvgIpc) is 1.96. The zero-order valence-electron chi connectivity index (χ0n) is 7.16. The topological polar surface area (TPSA) is 40.5 Å². The molecule has 0 atom stereocenters. The van der Waals surface area contributed by atoms with Crippen LogP contribution in [0.5, 0.6) is 0 Å². The van der Waals surface area contributed by atoms with E-state index >= 15 is 0 Å². The van der Waals surface area contributed by atoms with Gasteiger partial charge in [0, 0.05) is 0 Å². The maximum atomic E-state index is 8.42. The van der Waals surface area contributed by atoms with E-state index in [1.807, 2.05) is 6.08 Å². The van der Waals surface area contributed by atoms with Crippen LogP contribution in [-0.4, -0.2) is 16.5 Å². The molecule has 0 spiro atoms. The highest BCUT2D eigenvalue weighted by molar-refractivity contribution is 4.82. The van der Waals surface area contributed by atoms with Gasteiger partial charge in [0.05, 0.1) is 0 Å². The van der Waals surface area contributed by atoms with Crippen LogP contribution in [0.3, 0.4) is 0 Å². The van der Waals surface area contributed by atoms with Crippen molar-refractivity contribution in [3.63, 3.8) is 0 Å². The lowest BCUT2D eigenvalue weighted by atomic mass is 10.1. The van der Waals surface area contributed by atoms with E-state index in [1.165, 1.54) is 25.3 Å². The predicted octanol–water partition coefficient (Wildman–Crippen LogP) is 1.82. The van der Waals surface area contributed by atoms with E-state index in [1.54, 1.807) is 0 Å². The second-order valence-electron chi connectivity index (χ2n) is 2.69. The van der Waals surface area contributed by atoms with Crippen molar-refractivity contribution in [1.82, 2.24) is 0 Å². The summed E-state index contributed by atoms with van der Waals surface area (Å²) in [6, 6.07) is 0. The minimum Gasteiger partial charge on any atom is -0.365 e. The molecule has 0 aliphatic rings. The third kappa shape index (κ3) is 9.66. The van der Waals surface area contributed by atoms with Crippen LogP contribution in [0.4, 0.5) is 0 Å².